The quantitative estimate of drug-likeness (QED) is 0.678. The van der Waals surface area contributed by atoms with E-state index in [-0.39, 0.29) is 0 Å². The lowest BCUT2D eigenvalue weighted by atomic mass is 10.2. The Morgan fingerprint density at radius 3 is 2.94 bits per heavy atom. The average molecular weight is 286 g/mol. The van der Waals surface area contributed by atoms with Gasteiger partial charge in [-0.05, 0) is 25.1 Å². The molecule has 2 aromatic rings. The molecular weight excluding hydrogens is 277 g/mol. The number of nitrogens with one attached hydrogen (secondary N) is 1. The van der Waals surface area contributed by atoms with Gasteiger partial charge in [-0.2, -0.15) is 5.10 Å². The first kappa shape index (κ1) is 12.4. The zero-order valence-electron chi connectivity index (χ0n) is 8.95. The summed E-state index contributed by atoms with van der Waals surface area (Å²) in [6, 6.07) is 5.22. The molecule has 0 saturated heterocycles. The number of rotatable bonds is 3. The van der Waals surface area contributed by atoms with Gasteiger partial charge in [0.15, 0.2) is 0 Å². The van der Waals surface area contributed by atoms with Gasteiger partial charge in [-0.3, -0.25) is 5.43 Å². The van der Waals surface area contributed by atoms with Gasteiger partial charge in [0.25, 0.3) is 0 Å². The molecule has 0 atom stereocenters. The van der Waals surface area contributed by atoms with E-state index in [0.29, 0.717) is 10.0 Å². The number of aryl methyl sites for hydroxylation is 1. The molecule has 1 aromatic carbocycles. The number of aromatic nitrogens is 1. The predicted molar refractivity (Wildman–Crippen MR) is 74.5 cm³/mol. The number of nitrogens with zero attached hydrogens (tertiary/aromatic N) is 2. The number of anilines is 1. The van der Waals surface area contributed by atoms with Gasteiger partial charge in [-0.1, -0.05) is 23.2 Å². The van der Waals surface area contributed by atoms with Crippen LogP contribution in [0.4, 0.5) is 5.13 Å². The van der Waals surface area contributed by atoms with Gasteiger partial charge in [0, 0.05) is 21.0 Å². The molecule has 0 spiro atoms. The lowest BCUT2D eigenvalue weighted by Gasteiger charge is -1.98. The van der Waals surface area contributed by atoms with E-state index >= 15 is 0 Å². The summed E-state index contributed by atoms with van der Waals surface area (Å²) in [7, 11) is 0. The van der Waals surface area contributed by atoms with Gasteiger partial charge >= 0.3 is 0 Å². The molecule has 17 heavy (non-hydrogen) atoms. The van der Waals surface area contributed by atoms with E-state index < -0.39 is 0 Å². The summed E-state index contributed by atoms with van der Waals surface area (Å²) in [5.74, 6) is 0. The molecular formula is C11H9Cl2N3S. The second kappa shape index (κ2) is 5.49. The summed E-state index contributed by atoms with van der Waals surface area (Å²) in [5.41, 5.74) is 4.57. The first-order valence-corrected chi connectivity index (χ1v) is 6.45. The highest BCUT2D eigenvalue weighted by Crippen LogP contribution is 2.19. The molecule has 0 bridgehead atoms. The largest absolute Gasteiger partial charge is 0.253 e. The second-order valence-corrected chi connectivity index (χ2v) is 5.03. The van der Waals surface area contributed by atoms with Crippen LogP contribution < -0.4 is 5.43 Å². The van der Waals surface area contributed by atoms with E-state index in [1.54, 1.807) is 24.4 Å². The van der Waals surface area contributed by atoms with Crippen LogP contribution in [0.3, 0.4) is 0 Å². The van der Waals surface area contributed by atoms with Crippen LogP contribution in [-0.4, -0.2) is 11.2 Å². The van der Waals surface area contributed by atoms with Crippen LogP contribution >= 0.6 is 34.5 Å². The highest BCUT2D eigenvalue weighted by atomic mass is 35.5. The molecule has 0 amide bonds. The average Bonchev–Trinajstić information content (AvgIpc) is 2.69. The van der Waals surface area contributed by atoms with Crippen molar-refractivity contribution < 1.29 is 0 Å². The van der Waals surface area contributed by atoms with Gasteiger partial charge in [-0.15, -0.1) is 11.3 Å². The normalized spacial score (nSPS) is 11.0. The Hall–Kier alpha value is -1.10. The molecule has 1 heterocycles. The molecule has 1 aromatic heterocycles. The summed E-state index contributed by atoms with van der Waals surface area (Å²) in [6.45, 7) is 1.93. The number of benzene rings is 1. The maximum Gasteiger partial charge on any atom is 0.203 e. The minimum Gasteiger partial charge on any atom is -0.253 e. The zero-order chi connectivity index (χ0) is 12.3. The van der Waals surface area contributed by atoms with Crippen LogP contribution in [0.25, 0.3) is 0 Å². The van der Waals surface area contributed by atoms with Crippen molar-refractivity contribution in [3.63, 3.8) is 0 Å². The molecule has 1 N–H and O–H groups in total. The SMILES string of the molecule is Cc1csc(NN=Cc2cc(Cl)ccc2Cl)n1. The Labute approximate surface area is 113 Å². The standard InChI is InChI=1S/C11H9Cl2N3S/c1-7-6-17-11(15-7)16-14-5-8-4-9(12)2-3-10(8)13/h2-6H,1H3,(H,15,16). The molecule has 2 rings (SSSR count). The summed E-state index contributed by atoms with van der Waals surface area (Å²) < 4.78 is 0. The lowest BCUT2D eigenvalue weighted by Crippen LogP contribution is -1.90. The van der Waals surface area contributed by atoms with Crippen molar-refractivity contribution in [2.24, 2.45) is 5.10 Å². The Morgan fingerprint density at radius 2 is 2.24 bits per heavy atom. The van der Waals surface area contributed by atoms with Gasteiger partial charge in [-0.25, -0.2) is 4.98 Å². The topological polar surface area (TPSA) is 37.3 Å². The van der Waals surface area contributed by atoms with Gasteiger partial charge in [0.1, 0.15) is 0 Å². The Kier molecular flexibility index (Phi) is 3.99. The third-order valence-corrected chi connectivity index (χ3v) is 3.38. The first-order valence-electron chi connectivity index (χ1n) is 4.81. The minimum atomic E-state index is 0.607. The monoisotopic (exact) mass is 285 g/mol. The number of hydrogen-bond donors (Lipinski definition) is 1. The summed E-state index contributed by atoms with van der Waals surface area (Å²) in [6.07, 6.45) is 1.62. The fourth-order valence-electron chi connectivity index (χ4n) is 1.18. The fraction of sp³-hybridized carbons (Fsp3) is 0.0909. The third kappa shape index (κ3) is 3.43. The number of hydrogen-bond acceptors (Lipinski definition) is 4. The minimum absolute atomic E-state index is 0.607. The van der Waals surface area contributed by atoms with Crippen LogP contribution in [0.2, 0.25) is 10.0 Å². The maximum atomic E-state index is 5.99. The van der Waals surface area contributed by atoms with E-state index in [9.17, 15) is 0 Å². The van der Waals surface area contributed by atoms with Crippen LogP contribution in [-0.2, 0) is 0 Å². The number of halogens is 2. The zero-order valence-corrected chi connectivity index (χ0v) is 11.3. The van der Waals surface area contributed by atoms with Gasteiger partial charge in [0.05, 0.1) is 11.9 Å². The van der Waals surface area contributed by atoms with Crippen molar-refractivity contribution >= 4 is 45.9 Å². The molecule has 0 saturated carbocycles. The Balaban J connectivity index is 2.07. The van der Waals surface area contributed by atoms with Crippen LogP contribution in [0.1, 0.15) is 11.3 Å². The predicted octanol–water partition coefficient (Wildman–Crippen LogP) is 4.20. The van der Waals surface area contributed by atoms with E-state index in [0.717, 1.165) is 16.4 Å². The van der Waals surface area contributed by atoms with Crippen LogP contribution in [0.5, 0.6) is 0 Å². The van der Waals surface area contributed by atoms with Crippen molar-refractivity contribution in [1.29, 1.82) is 0 Å². The summed E-state index contributed by atoms with van der Waals surface area (Å²) in [4.78, 5) is 4.22. The fourth-order valence-corrected chi connectivity index (χ4v) is 2.16. The first-order chi connectivity index (χ1) is 8.15. The van der Waals surface area contributed by atoms with Crippen molar-refractivity contribution in [1.82, 2.24) is 4.98 Å². The highest BCUT2D eigenvalue weighted by molar-refractivity contribution is 7.13. The van der Waals surface area contributed by atoms with Crippen molar-refractivity contribution in [3.8, 4) is 0 Å². The molecule has 6 heteroatoms. The molecule has 0 radical (unpaired) electrons. The van der Waals surface area contributed by atoms with E-state index in [1.807, 2.05) is 12.3 Å². The second-order valence-electron chi connectivity index (χ2n) is 3.33. The van der Waals surface area contributed by atoms with Crippen LogP contribution in [0, 0.1) is 6.92 Å². The molecule has 3 nitrogen and oxygen atoms in total. The molecule has 0 unspecified atom stereocenters. The molecule has 88 valence electrons. The Bertz CT molecular complexity index is 551. The molecule has 0 aliphatic rings. The molecule has 0 aliphatic heterocycles. The lowest BCUT2D eigenvalue weighted by molar-refractivity contribution is 1.22. The highest BCUT2D eigenvalue weighted by Gasteiger charge is 1.98. The summed E-state index contributed by atoms with van der Waals surface area (Å²) in [5, 5.41) is 7.99. The maximum absolute atomic E-state index is 5.99. The van der Waals surface area contributed by atoms with Crippen molar-refractivity contribution in [2.75, 3.05) is 5.43 Å². The van der Waals surface area contributed by atoms with E-state index in [2.05, 4.69) is 15.5 Å². The van der Waals surface area contributed by atoms with Crippen molar-refractivity contribution in [3.05, 3.63) is 44.9 Å². The third-order valence-electron chi connectivity index (χ3n) is 1.94. The molecule has 0 aliphatic carbocycles. The van der Waals surface area contributed by atoms with Gasteiger partial charge in [0.2, 0.25) is 5.13 Å². The van der Waals surface area contributed by atoms with Crippen LogP contribution in [0.15, 0.2) is 28.7 Å². The van der Waals surface area contributed by atoms with E-state index in [4.69, 9.17) is 23.2 Å². The number of thiazole rings is 1. The molecule has 0 fully saturated rings. The van der Waals surface area contributed by atoms with Crippen molar-refractivity contribution in [2.45, 2.75) is 6.92 Å². The Morgan fingerprint density at radius 1 is 1.41 bits per heavy atom. The number of hydrazone groups is 1. The van der Waals surface area contributed by atoms with Gasteiger partial charge < -0.3 is 0 Å². The summed E-state index contributed by atoms with van der Waals surface area (Å²) >= 11 is 13.4. The smallest absolute Gasteiger partial charge is 0.203 e. The van der Waals surface area contributed by atoms with E-state index in [1.165, 1.54) is 11.3 Å².